The molecule has 24 heavy (non-hydrogen) atoms. The number of nitrogens with one attached hydrogen (secondary N) is 2. The fourth-order valence-corrected chi connectivity index (χ4v) is 2.48. The van der Waals surface area contributed by atoms with Gasteiger partial charge in [0, 0.05) is 0 Å². The molecule has 0 spiro atoms. The zero-order valence-corrected chi connectivity index (χ0v) is 12.9. The molecule has 122 valence electrons. The average molecular weight is 325 g/mol. The van der Waals surface area contributed by atoms with E-state index in [0.29, 0.717) is 16.7 Å². The van der Waals surface area contributed by atoms with E-state index >= 15 is 0 Å². The van der Waals surface area contributed by atoms with E-state index in [1.807, 2.05) is 0 Å². The maximum absolute atomic E-state index is 12.3. The van der Waals surface area contributed by atoms with Gasteiger partial charge in [0.25, 0.3) is 0 Å². The summed E-state index contributed by atoms with van der Waals surface area (Å²) in [7, 11) is 1.27. The first-order valence-corrected chi connectivity index (χ1v) is 7.25. The molecule has 0 fully saturated rings. The molecule has 3 aromatic rings. The van der Waals surface area contributed by atoms with Crippen LogP contribution in [-0.4, -0.2) is 28.5 Å². The van der Waals surface area contributed by atoms with Crippen LogP contribution >= 0.6 is 0 Å². The van der Waals surface area contributed by atoms with Gasteiger partial charge in [-0.1, -0.05) is 24.3 Å². The number of benzene rings is 2. The van der Waals surface area contributed by atoms with E-state index in [0.717, 1.165) is 0 Å². The number of esters is 1. The number of fused-ring (bicyclic) bond motifs is 1. The van der Waals surface area contributed by atoms with Gasteiger partial charge in [-0.25, -0.2) is 9.59 Å². The SMILES string of the molecule is COC(=O)c1ccccc1NC(=O)Cn1c(=O)[nH]c2ccccc21. The number of amides is 1. The standard InChI is InChI=1S/C17H15N3O4/c1-24-16(22)11-6-2-3-7-12(11)18-15(21)10-20-14-9-5-4-8-13(14)19-17(20)23/h2-9H,10H2,1H3,(H,18,21)(H,19,23). The Balaban J connectivity index is 1.85. The number of methoxy groups -OCH3 is 1. The second-order valence-corrected chi connectivity index (χ2v) is 5.12. The molecule has 0 unspecified atom stereocenters. The smallest absolute Gasteiger partial charge is 0.339 e. The lowest BCUT2D eigenvalue weighted by Gasteiger charge is -2.10. The average Bonchev–Trinajstić information content (AvgIpc) is 2.90. The Morgan fingerprint density at radius 1 is 1.12 bits per heavy atom. The van der Waals surface area contributed by atoms with E-state index in [4.69, 9.17) is 4.74 Å². The number of aromatic nitrogens is 2. The molecule has 0 aliphatic heterocycles. The fraction of sp³-hybridized carbons (Fsp3) is 0.118. The van der Waals surface area contributed by atoms with Crippen LogP contribution in [0.15, 0.2) is 53.3 Å². The van der Waals surface area contributed by atoms with Crippen molar-refractivity contribution >= 4 is 28.6 Å². The molecule has 2 aromatic carbocycles. The Bertz CT molecular complexity index is 971. The normalized spacial score (nSPS) is 10.5. The number of para-hydroxylation sites is 3. The van der Waals surface area contributed by atoms with Crippen LogP contribution in [0.5, 0.6) is 0 Å². The monoisotopic (exact) mass is 325 g/mol. The summed E-state index contributed by atoms with van der Waals surface area (Å²) in [5.41, 5.74) is 1.51. The number of hydrogen-bond acceptors (Lipinski definition) is 4. The van der Waals surface area contributed by atoms with E-state index in [-0.39, 0.29) is 17.8 Å². The van der Waals surface area contributed by atoms with Crippen LogP contribution in [0.4, 0.5) is 5.69 Å². The number of H-pyrrole nitrogens is 1. The number of rotatable bonds is 4. The molecular formula is C17H15N3O4. The fourth-order valence-electron chi connectivity index (χ4n) is 2.48. The lowest BCUT2D eigenvalue weighted by atomic mass is 10.2. The maximum atomic E-state index is 12.3. The molecule has 0 bridgehead atoms. The van der Waals surface area contributed by atoms with E-state index in [2.05, 4.69) is 10.3 Å². The minimum absolute atomic E-state index is 0.168. The van der Waals surface area contributed by atoms with Crippen LogP contribution in [0.2, 0.25) is 0 Å². The number of aromatic amines is 1. The van der Waals surface area contributed by atoms with Gasteiger partial charge in [0.05, 0.1) is 29.4 Å². The second-order valence-electron chi connectivity index (χ2n) is 5.12. The molecule has 0 atom stereocenters. The number of ether oxygens (including phenoxy) is 1. The summed E-state index contributed by atoms with van der Waals surface area (Å²) in [4.78, 5) is 38.7. The van der Waals surface area contributed by atoms with Gasteiger partial charge < -0.3 is 15.0 Å². The van der Waals surface area contributed by atoms with Crippen LogP contribution in [-0.2, 0) is 16.1 Å². The molecule has 0 saturated carbocycles. The first-order valence-electron chi connectivity index (χ1n) is 7.25. The molecule has 1 aromatic heterocycles. The van der Waals surface area contributed by atoms with Crippen LogP contribution in [0, 0.1) is 0 Å². The summed E-state index contributed by atoms with van der Waals surface area (Å²) in [5, 5.41) is 2.64. The van der Waals surface area contributed by atoms with Crippen molar-refractivity contribution in [3.63, 3.8) is 0 Å². The molecule has 0 aliphatic carbocycles. The van der Waals surface area contributed by atoms with E-state index in [1.165, 1.54) is 11.7 Å². The van der Waals surface area contributed by atoms with E-state index in [9.17, 15) is 14.4 Å². The first-order chi connectivity index (χ1) is 11.6. The molecule has 7 heteroatoms. The Morgan fingerprint density at radius 2 is 1.83 bits per heavy atom. The summed E-state index contributed by atoms with van der Waals surface area (Å²) < 4.78 is 6.03. The number of imidazole rings is 1. The van der Waals surface area contributed by atoms with Crippen molar-refractivity contribution in [1.29, 1.82) is 0 Å². The lowest BCUT2D eigenvalue weighted by Crippen LogP contribution is -2.26. The molecular weight excluding hydrogens is 310 g/mol. The maximum Gasteiger partial charge on any atom is 0.339 e. The molecule has 0 saturated heterocycles. The van der Waals surface area contributed by atoms with Crippen molar-refractivity contribution in [2.24, 2.45) is 0 Å². The van der Waals surface area contributed by atoms with Crippen molar-refractivity contribution in [3.05, 3.63) is 64.6 Å². The third-order valence-corrected chi connectivity index (χ3v) is 3.59. The zero-order valence-electron chi connectivity index (χ0n) is 12.9. The van der Waals surface area contributed by atoms with Crippen molar-refractivity contribution in [2.75, 3.05) is 12.4 Å². The van der Waals surface area contributed by atoms with Gasteiger partial charge in [0.2, 0.25) is 5.91 Å². The number of hydrogen-bond donors (Lipinski definition) is 2. The summed E-state index contributed by atoms with van der Waals surface area (Å²) in [6, 6.07) is 13.6. The molecule has 1 heterocycles. The zero-order chi connectivity index (χ0) is 17.1. The number of nitrogens with zero attached hydrogens (tertiary/aromatic N) is 1. The molecule has 7 nitrogen and oxygen atoms in total. The largest absolute Gasteiger partial charge is 0.465 e. The van der Waals surface area contributed by atoms with Gasteiger partial charge in [-0.2, -0.15) is 0 Å². The van der Waals surface area contributed by atoms with Crippen molar-refractivity contribution in [2.45, 2.75) is 6.54 Å². The third kappa shape index (κ3) is 2.91. The molecule has 0 aliphatic rings. The van der Waals surface area contributed by atoms with E-state index in [1.54, 1.807) is 48.5 Å². The Hall–Kier alpha value is -3.35. The van der Waals surface area contributed by atoms with Gasteiger partial charge in [0.1, 0.15) is 6.54 Å². The van der Waals surface area contributed by atoms with Crippen molar-refractivity contribution in [1.82, 2.24) is 9.55 Å². The predicted molar refractivity (Wildman–Crippen MR) is 89.0 cm³/mol. The van der Waals surface area contributed by atoms with Gasteiger partial charge in [0.15, 0.2) is 0 Å². The predicted octanol–water partition coefficient (Wildman–Crippen LogP) is 1.75. The first kappa shape index (κ1) is 15.5. The Kier molecular flexibility index (Phi) is 4.15. The highest BCUT2D eigenvalue weighted by Crippen LogP contribution is 2.16. The Labute approximate surface area is 136 Å². The number of anilines is 1. The van der Waals surface area contributed by atoms with E-state index < -0.39 is 11.9 Å². The number of carbonyl (C=O) groups is 2. The van der Waals surface area contributed by atoms with Crippen molar-refractivity contribution in [3.8, 4) is 0 Å². The van der Waals surface area contributed by atoms with Crippen molar-refractivity contribution < 1.29 is 14.3 Å². The Morgan fingerprint density at radius 3 is 2.62 bits per heavy atom. The number of carbonyl (C=O) groups excluding carboxylic acids is 2. The molecule has 3 rings (SSSR count). The van der Waals surface area contributed by atoms with Crippen LogP contribution in [0.3, 0.4) is 0 Å². The second kappa shape index (κ2) is 6.41. The summed E-state index contributed by atoms with van der Waals surface area (Å²) in [5.74, 6) is -0.964. The summed E-state index contributed by atoms with van der Waals surface area (Å²) in [6.07, 6.45) is 0. The van der Waals surface area contributed by atoms with Crippen LogP contribution < -0.4 is 11.0 Å². The van der Waals surface area contributed by atoms with Gasteiger partial charge in [-0.15, -0.1) is 0 Å². The highest BCUT2D eigenvalue weighted by molar-refractivity contribution is 6.01. The topological polar surface area (TPSA) is 93.2 Å². The lowest BCUT2D eigenvalue weighted by molar-refractivity contribution is -0.116. The van der Waals surface area contributed by atoms with Gasteiger partial charge in [-0.05, 0) is 24.3 Å². The van der Waals surface area contributed by atoms with Gasteiger partial charge >= 0.3 is 11.7 Å². The summed E-state index contributed by atoms with van der Waals surface area (Å²) >= 11 is 0. The minimum Gasteiger partial charge on any atom is -0.465 e. The van der Waals surface area contributed by atoms with Crippen LogP contribution in [0.1, 0.15) is 10.4 Å². The highest BCUT2D eigenvalue weighted by Gasteiger charge is 2.15. The summed E-state index contributed by atoms with van der Waals surface area (Å²) in [6.45, 7) is -0.168. The van der Waals surface area contributed by atoms with Gasteiger partial charge in [-0.3, -0.25) is 9.36 Å². The molecule has 0 radical (unpaired) electrons. The third-order valence-electron chi connectivity index (χ3n) is 3.59. The van der Waals surface area contributed by atoms with Crippen LogP contribution in [0.25, 0.3) is 11.0 Å². The molecule has 2 N–H and O–H groups in total. The quantitative estimate of drug-likeness (QED) is 0.715. The molecule has 1 amide bonds. The minimum atomic E-state index is -0.546. The highest BCUT2D eigenvalue weighted by atomic mass is 16.5.